The summed E-state index contributed by atoms with van der Waals surface area (Å²) in [5.41, 5.74) is -1.49. The lowest BCUT2D eigenvalue weighted by Crippen LogP contribution is -3.11. The van der Waals surface area contributed by atoms with Crippen molar-refractivity contribution in [2.45, 2.75) is 45.3 Å². The van der Waals surface area contributed by atoms with Gasteiger partial charge < -0.3 is 29.3 Å². The summed E-state index contributed by atoms with van der Waals surface area (Å²) in [5, 5.41) is 20.1. The highest BCUT2D eigenvalue weighted by molar-refractivity contribution is 7.49. The van der Waals surface area contributed by atoms with Gasteiger partial charge in [-0.05, 0) is 20.8 Å². The number of quaternary nitrogens is 1. The predicted molar refractivity (Wildman–Crippen MR) is 111 cm³/mol. The Hall–Kier alpha value is -2.12. The van der Waals surface area contributed by atoms with E-state index in [1.807, 2.05) is 4.98 Å². The number of aliphatic hydroxyl groups is 2. The van der Waals surface area contributed by atoms with Crippen LogP contribution in [0.3, 0.4) is 0 Å². The van der Waals surface area contributed by atoms with Crippen molar-refractivity contribution in [1.82, 2.24) is 18.9 Å². The van der Waals surface area contributed by atoms with Gasteiger partial charge in [-0.1, -0.05) is 0 Å². The van der Waals surface area contributed by atoms with Crippen LogP contribution in [0.25, 0.3) is 0 Å². The number of nitrogens with zero attached hydrogens (tertiary/aromatic N) is 3. The number of hydrogen-bond donors (Lipinski definition) is 4. The lowest BCUT2D eigenvalue weighted by atomic mass is 10.1. The molecule has 13 nitrogen and oxygen atoms in total. The summed E-state index contributed by atoms with van der Waals surface area (Å²) in [5.74, 6) is 0. The van der Waals surface area contributed by atoms with Gasteiger partial charge in [-0.15, -0.1) is 0 Å². The monoisotopic (exact) mass is 475 g/mol. The first-order valence-electron chi connectivity index (χ1n) is 10.3. The molecule has 1 aliphatic rings. The minimum Gasteiger partial charge on any atom is -0.761 e. The second-order valence-electron chi connectivity index (χ2n) is 7.08. The molecule has 0 amide bonds. The second-order valence-corrected chi connectivity index (χ2v) is 8.74. The van der Waals surface area contributed by atoms with Gasteiger partial charge in [-0.2, -0.15) is 0 Å². The average Bonchev–Trinajstić information content (AvgIpc) is 3.39. The summed E-state index contributed by atoms with van der Waals surface area (Å²) in [6.07, 6.45) is -1.04. The molecule has 3 rings (SSSR count). The number of nitrogens with one attached hydrogen (secondary N) is 2. The van der Waals surface area contributed by atoms with Crippen LogP contribution in [0.4, 0.5) is 0 Å². The van der Waals surface area contributed by atoms with Gasteiger partial charge in [-0.25, -0.2) is 9.78 Å². The lowest BCUT2D eigenvalue weighted by Gasteiger charge is -2.25. The molecule has 0 bridgehead atoms. The van der Waals surface area contributed by atoms with Gasteiger partial charge in [0.15, 0.2) is 6.23 Å². The summed E-state index contributed by atoms with van der Waals surface area (Å²) < 4.78 is 23.7. The van der Waals surface area contributed by atoms with E-state index in [1.165, 1.54) is 25.8 Å². The van der Waals surface area contributed by atoms with E-state index in [2.05, 4.69) is 25.8 Å². The molecule has 14 heteroatoms. The van der Waals surface area contributed by atoms with Crippen LogP contribution in [0.1, 0.15) is 27.0 Å². The summed E-state index contributed by atoms with van der Waals surface area (Å²) >= 11 is 0. The van der Waals surface area contributed by atoms with Gasteiger partial charge in [0.25, 0.3) is 5.56 Å². The molecule has 1 saturated heterocycles. The summed E-state index contributed by atoms with van der Waals surface area (Å²) in [6, 6.07) is 1.04. The van der Waals surface area contributed by atoms with Crippen LogP contribution in [0.2, 0.25) is 0 Å². The molecule has 4 N–H and O–H groups in total. The lowest BCUT2D eigenvalue weighted by molar-refractivity contribution is -0.894. The molecule has 180 valence electrons. The molecular weight excluding hydrogens is 445 g/mol. The first-order chi connectivity index (χ1) is 15.1. The normalized spacial score (nSPS) is 24.7. The maximum absolute atomic E-state index is 11.9. The Kier molecular flexibility index (Phi) is 9.52. The SMILES string of the molecule is CC[NH+](CC)CC.O=c1ccn([C@@H]2O[C@@H](COP(=O)([O-])n3ccnc3)[C@@H](O)[C@H]2O)c(=O)[nH]1. The molecule has 1 aliphatic heterocycles. The van der Waals surface area contributed by atoms with Gasteiger partial charge in [0, 0.05) is 24.7 Å². The van der Waals surface area contributed by atoms with Gasteiger partial charge in [-0.3, -0.25) is 23.2 Å². The summed E-state index contributed by atoms with van der Waals surface area (Å²) in [4.78, 5) is 42.0. The molecule has 3 heterocycles. The fourth-order valence-corrected chi connectivity index (χ4v) is 3.98. The Morgan fingerprint density at radius 1 is 1.22 bits per heavy atom. The van der Waals surface area contributed by atoms with Crippen molar-refractivity contribution in [3.8, 4) is 0 Å². The maximum Gasteiger partial charge on any atom is 0.330 e. The van der Waals surface area contributed by atoms with Gasteiger partial charge in [0.05, 0.1) is 26.2 Å². The van der Waals surface area contributed by atoms with Crippen molar-refractivity contribution in [3.05, 3.63) is 51.8 Å². The number of H-pyrrole nitrogens is 1. The highest BCUT2D eigenvalue weighted by atomic mass is 31.2. The van der Waals surface area contributed by atoms with E-state index in [-0.39, 0.29) is 0 Å². The zero-order valence-corrected chi connectivity index (χ0v) is 19.1. The topological polar surface area (TPSA) is 176 Å². The number of aromatic nitrogens is 4. The minimum atomic E-state index is -4.49. The Labute approximate surface area is 184 Å². The zero-order valence-electron chi connectivity index (χ0n) is 18.2. The molecule has 1 unspecified atom stereocenters. The zero-order chi connectivity index (χ0) is 23.9. The number of ether oxygens (including phenoxy) is 1. The van der Waals surface area contributed by atoms with Crippen molar-refractivity contribution < 1.29 is 33.8 Å². The third kappa shape index (κ3) is 6.45. The molecule has 0 saturated carbocycles. The van der Waals surface area contributed by atoms with Crippen molar-refractivity contribution in [3.63, 3.8) is 0 Å². The van der Waals surface area contributed by atoms with Crippen molar-refractivity contribution in [2.75, 3.05) is 26.2 Å². The Bertz CT molecular complexity index is 984. The molecule has 2 aromatic heterocycles. The molecule has 0 aliphatic carbocycles. The molecule has 0 radical (unpaired) electrons. The molecule has 0 aromatic carbocycles. The summed E-state index contributed by atoms with van der Waals surface area (Å²) in [6.45, 7) is 9.89. The number of aliphatic hydroxyl groups excluding tert-OH is 2. The predicted octanol–water partition coefficient (Wildman–Crippen LogP) is -2.68. The largest absolute Gasteiger partial charge is 0.761 e. The molecule has 5 atom stereocenters. The molecular formula is C18H30N5O8P. The molecule has 32 heavy (non-hydrogen) atoms. The quantitative estimate of drug-likeness (QED) is 0.296. The van der Waals surface area contributed by atoms with Crippen molar-refractivity contribution in [1.29, 1.82) is 0 Å². The van der Waals surface area contributed by atoms with E-state index >= 15 is 0 Å². The van der Waals surface area contributed by atoms with Crippen LogP contribution >= 0.6 is 7.75 Å². The third-order valence-electron chi connectivity index (χ3n) is 5.14. The standard InChI is InChI=1S/C12H15N4O8P.C6H15N/c17-8-1-3-16(12(20)14-8)11-10(19)9(18)7(24-11)5-23-25(21,22)15-4-2-13-6-15;1-4-7(5-2)6-3/h1-4,6-7,9-11,18-19H,5H2,(H,21,22)(H,14,17,20);4-6H2,1-3H3/t7-,9+,10+,11+;/m0./s1. The van der Waals surface area contributed by atoms with Crippen LogP contribution in [-0.2, 0) is 13.8 Å². The number of aromatic amines is 1. The Balaban J connectivity index is 0.000000451. The maximum atomic E-state index is 11.9. The second kappa shape index (κ2) is 11.7. The van der Waals surface area contributed by atoms with Gasteiger partial charge >= 0.3 is 5.69 Å². The van der Waals surface area contributed by atoms with Crippen LogP contribution in [0, 0.1) is 0 Å². The first-order valence-corrected chi connectivity index (χ1v) is 11.7. The Morgan fingerprint density at radius 2 is 1.88 bits per heavy atom. The van der Waals surface area contributed by atoms with Crippen LogP contribution in [-0.4, -0.2) is 73.6 Å². The summed E-state index contributed by atoms with van der Waals surface area (Å²) in [7, 11) is -4.49. The van der Waals surface area contributed by atoms with Crippen LogP contribution in [0.5, 0.6) is 0 Å². The van der Waals surface area contributed by atoms with E-state index in [9.17, 15) is 29.3 Å². The van der Waals surface area contributed by atoms with E-state index in [4.69, 9.17) is 9.26 Å². The smallest absolute Gasteiger partial charge is 0.330 e. The fourth-order valence-electron chi connectivity index (χ4n) is 3.11. The van der Waals surface area contributed by atoms with Gasteiger partial charge in [0.2, 0.25) is 7.75 Å². The van der Waals surface area contributed by atoms with Gasteiger partial charge in [0.1, 0.15) is 24.6 Å². The first kappa shape index (κ1) is 26.1. The number of hydrogen-bond acceptors (Lipinski definition) is 9. The minimum absolute atomic E-state index is 0.591. The average molecular weight is 475 g/mol. The highest BCUT2D eigenvalue weighted by Gasteiger charge is 2.44. The van der Waals surface area contributed by atoms with Crippen molar-refractivity contribution >= 4 is 7.75 Å². The molecule has 0 spiro atoms. The molecule has 1 fully saturated rings. The number of rotatable bonds is 8. The van der Waals surface area contributed by atoms with Crippen molar-refractivity contribution in [2.24, 2.45) is 0 Å². The number of imidazole rings is 1. The molecule has 2 aromatic rings. The van der Waals surface area contributed by atoms with E-state index in [1.54, 1.807) is 4.90 Å². The fraction of sp³-hybridized carbons (Fsp3) is 0.611. The van der Waals surface area contributed by atoms with Crippen LogP contribution < -0.4 is 21.0 Å². The van der Waals surface area contributed by atoms with Crippen LogP contribution in [0.15, 0.2) is 40.6 Å². The third-order valence-corrected chi connectivity index (χ3v) is 6.42. The highest BCUT2D eigenvalue weighted by Crippen LogP contribution is 2.40. The van der Waals surface area contributed by atoms with E-state index < -0.39 is 50.1 Å². The van der Waals surface area contributed by atoms with E-state index in [0.717, 1.165) is 33.7 Å². The van der Waals surface area contributed by atoms with E-state index in [0.29, 0.717) is 0 Å². The Morgan fingerprint density at radius 3 is 2.38 bits per heavy atom.